The number of fused-ring (bicyclic) bond motifs is 1. The highest BCUT2D eigenvalue weighted by atomic mass is 35.5. The molecule has 3 aromatic rings. The summed E-state index contributed by atoms with van der Waals surface area (Å²) in [6.07, 6.45) is 0. The van der Waals surface area contributed by atoms with Crippen LogP contribution in [-0.4, -0.2) is 29.2 Å². The van der Waals surface area contributed by atoms with E-state index >= 15 is 0 Å². The number of benzene rings is 2. The molecule has 8 heteroatoms. The molecule has 2 aromatic carbocycles. The molecule has 140 valence electrons. The summed E-state index contributed by atoms with van der Waals surface area (Å²) in [5, 5.41) is 3.78. The topological polar surface area (TPSA) is 81.4 Å². The zero-order valence-electron chi connectivity index (χ0n) is 14.5. The fraction of sp³-hybridized carbons (Fsp3) is 0.211. The van der Waals surface area contributed by atoms with Crippen molar-refractivity contribution in [1.29, 1.82) is 0 Å². The van der Waals surface area contributed by atoms with E-state index < -0.39 is 5.97 Å². The van der Waals surface area contributed by atoms with Gasteiger partial charge in [-0.05, 0) is 36.8 Å². The van der Waals surface area contributed by atoms with Crippen molar-refractivity contribution in [3.63, 3.8) is 0 Å². The number of carbonyl (C=O) groups excluding carboxylic acids is 2. The number of halogens is 1. The van der Waals surface area contributed by atoms with Crippen LogP contribution >= 0.6 is 23.4 Å². The Balaban J connectivity index is 1.41. The van der Waals surface area contributed by atoms with E-state index in [9.17, 15) is 9.59 Å². The number of thioether (sulfide) groups is 1. The summed E-state index contributed by atoms with van der Waals surface area (Å²) in [7, 11) is 0. The van der Waals surface area contributed by atoms with Crippen LogP contribution in [-0.2, 0) is 14.3 Å². The van der Waals surface area contributed by atoms with E-state index in [1.54, 1.807) is 18.2 Å². The SMILES string of the molecule is C[C@H](NC(=O)COC(=O)CSc1nc2ccccc2o1)c1ccc(Cl)cc1. The molecule has 0 unspecified atom stereocenters. The summed E-state index contributed by atoms with van der Waals surface area (Å²) in [5.74, 6) is -0.887. The van der Waals surface area contributed by atoms with Gasteiger partial charge in [-0.15, -0.1) is 0 Å². The molecule has 3 rings (SSSR count). The van der Waals surface area contributed by atoms with Gasteiger partial charge in [-0.3, -0.25) is 9.59 Å². The number of hydrogen-bond donors (Lipinski definition) is 1. The van der Waals surface area contributed by atoms with Crippen LogP contribution in [0.15, 0.2) is 58.2 Å². The molecule has 1 amide bonds. The number of ether oxygens (including phenoxy) is 1. The number of carbonyl (C=O) groups is 2. The molecule has 1 atom stereocenters. The van der Waals surface area contributed by atoms with Gasteiger partial charge in [0.2, 0.25) is 0 Å². The van der Waals surface area contributed by atoms with E-state index in [0.717, 1.165) is 22.8 Å². The van der Waals surface area contributed by atoms with Crippen LogP contribution in [0.1, 0.15) is 18.5 Å². The van der Waals surface area contributed by atoms with Gasteiger partial charge in [0, 0.05) is 5.02 Å². The molecule has 1 aromatic heterocycles. The van der Waals surface area contributed by atoms with Crippen LogP contribution in [0.5, 0.6) is 0 Å². The Hall–Kier alpha value is -2.51. The van der Waals surface area contributed by atoms with Gasteiger partial charge in [0.15, 0.2) is 12.2 Å². The lowest BCUT2D eigenvalue weighted by molar-refractivity contribution is -0.146. The Morgan fingerprint density at radius 3 is 2.70 bits per heavy atom. The number of amides is 1. The van der Waals surface area contributed by atoms with Crippen molar-refractivity contribution in [3.05, 3.63) is 59.1 Å². The van der Waals surface area contributed by atoms with Crippen LogP contribution in [0.25, 0.3) is 11.1 Å². The highest BCUT2D eigenvalue weighted by Gasteiger charge is 2.14. The maximum atomic E-state index is 11.9. The van der Waals surface area contributed by atoms with Crippen molar-refractivity contribution in [2.24, 2.45) is 0 Å². The van der Waals surface area contributed by atoms with Gasteiger partial charge < -0.3 is 14.5 Å². The first kappa shape index (κ1) is 19.3. The molecule has 6 nitrogen and oxygen atoms in total. The highest BCUT2D eigenvalue weighted by Crippen LogP contribution is 2.23. The number of rotatable bonds is 7. The lowest BCUT2D eigenvalue weighted by Gasteiger charge is -2.14. The number of oxazole rings is 1. The molecule has 0 aliphatic rings. The van der Waals surface area contributed by atoms with Crippen molar-refractivity contribution in [1.82, 2.24) is 10.3 Å². The Morgan fingerprint density at radius 1 is 1.22 bits per heavy atom. The van der Waals surface area contributed by atoms with Crippen molar-refractivity contribution >= 4 is 46.3 Å². The summed E-state index contributed by atoms with van der Waals surface area (Å²) in [5.41, 5.74) is 2.29. The third kappa shape index (κ3) is 5.48. The predicted octanol–water partition coefficient (Wildman–Crippen LogP) is 3.99. The standard InChI is InChI=1S/C19H17ClN2O4S/c1-12(13-6-8-14(20)9-7-13)21-17(23)10-25-18(24)11-27-19-22-15-4-2-3-5-16(15)26-19/h2-9,12H,10-11H2,1H3,(H,21,23)/t12-/m0/s1. The van der Waals surface area contributed by atoms with E-state index in [1.807, 2.05) is 37.3 Å². The molecule has 0 spiro atoms. The second kappa shape index (κ2) is 8.92. The number of hydrogen-bond acceptors (Lipinski definition) is 6. The number of nitrogens with zero attached hydrogens (tertiary/aromatic N) is 1. The summed E-state index contributed by atoms with van der Waals surface area (Å²) in [6.45, 7) is 1.50. The van der Waals surface area contributed by atoms with E-state index in [-0.39, 0.29) is 24.3 Å². The predicted molar refractivity (Wildman–Crippen MR) is 104 cm³/mol. The molecular formula is C19H17ClN2O4S. The molecule has 0 fully saturated rings. The number of para-hydroxylation sites is 2. The van der Waals surface area contributed by atoms with Gasteiger partial charge in [-0.1, -0.05) is 47.6 Å². The van der Waals surface area contributed by atoms with Gasteiger partial charge in [0.05, 0.1) is 6.04 Å². The molecule has 0 saturated heterocycles. The molecule has 27 heavy (non-hydrogen) atoms. The Bertz CT molecular complexity index is 909. The van der Waals surface area contributed by atoms with Gasteiger partial charge >= 0.3 is 5.97 Å². The summed E-state index contributed by atoms with van der Waals surface area (Å²) >= 11 is 6.97. The molecule has 1 N–H and O–H groups in total. The third-order valence-corrected chi connectivity index (χ3v) is 4.75. The minimum Gasteiger partial charge on any atom is -0.455 e. The average molecular weight is 405 g/mol. The molecule has 1 heterocycles. The quantitative estimate of drug-likeness (QED) is 0.473. The van der Waals surface area contributed by atoms with Crippen LogP contribution in [0.4, 0.5) is 0 Å². The highest BCUT2D eigenvalue weighted by molar-refractivity contribution is 7.99. The van der Waals surface area contributed by atoms with Crippen LogP contribution < -0.4 is 5.32 Å². The first-order valence-electron chi connectivity index (χ1n) is 8.20. The number of aromatic nitrogens is 1. The molecule has 0 radical (unpaired) electrons. The second-order valence-electron chi connectivity index (χ2n) is 5.74. The summed E-state index contributed by atoms with van der Waals surface area (Å²) in [6, 6.07) is 14.3. The minimum absolute atomic E-state index is 0.00679. The molecular weight excluding hydrogens is 388 g/mol. The Kier molecular flexibility index (Phi) is 6.36. The van der Waals surface area contributed by atoms with Crippen molar-refractivity contribution in [2.75, 3.05) is 12.4 Å². The van der Waals surface area contributed by atoms with E-state index in [0.29, 0.717) is 15.8 Å². The number of esters is 1. The third-order valence-electron chi connectivity index (χ3n) is 3.70. The maximum Gasteiger partial charge on any atom is 0.316 e. The molecule has 0 saturated carbocycles. The lowest BCUT2D eigenvalue weighted by atomic mass is 10.1. The lowest BCUT2D eigenvalue weighted by Crippen LogP contribution is -2.31. The number of nitrogens with one attached hydrogen (secondary N) is 1. The van der Waals surface area contributed by atoms with Crippen LogP contribution in [0.2, 0.25) is 5.02 Å². The fourth-order valence-electron chi connectivity index (χ4n) is 2.34. The zero-order valence-corrected chi connectivity index (χ0v) is 16.0. The van der Waals surface area contributed by atoms with Crippen LogP contribution in [0.3, 0.4) is 0 Å². The Morgan fingerprint density at radius 2 is 1.96 bits per heavy atom. The smallest absolute Gasteiger partial charge is 0.316 e. The van der Waals surface area contributed by atoms with E-state index in [1.165, 1.54) is 0 Å². The van der Waals surface area contributed by atoms with Gasteiger partial charge in [0.25, 0.3) is 11.1 Å². The van der Waals surface area contributed by atoms with Gasteiger partial charge in [-0.25, -0.2) is 4.98 Å². The van der Waals surface area contributed by atoms with E-state index in [2.05, 4.69) is 10.3 Å². The average Bonchev–Trinajstić information content (AvgIpc) is 3.08. The second-order valence-corrected chi connectivity index (χ2v) is 7.10. The first-order chi connectivity index (χ1) is 13.0. The molecule has 0 aliphatic heterocycles. The molecule has 0 bridgehead atoms. The Labute approximate surface area is 165 Å². The molecule has 0 aliphatic carbocycles. The zero-order chi connectivity index (χ0) is 19.2. The van der Waals surface area contributed by atoms with Crippen molar-refractivity contribution in [3.8, 4) is 0 Å². The summed E-state index contributed by atoms with van der Waals surface area (Å²) < 4.78 is 10.5. The van der Waals surface area contributed by atoms with Crippen LogP contribution in [0, 0.1) is 0 Å². The van der Waals surface area contributed by atoms with Gasteiger partial charge in [-0.2, -0.15) is 0 Å². The normalized spacial score (nSPS) is 11.9. The first-order valence-corrected chi connectivity index (χ1v) is 9.56. The van der Waals surface area contributed by atoms with E-state index in [4.69, 9.17) is 20.8 Å². The maximum absolute atomic E-state index is 11.9. The monoisotopic (exact) mass is 404 g/mol. The minimum atomic E-state index is -0.517. The fourth-order valence-corrected chi connectivity index (χ4v) is 3.10. The van der Waals surface area contributed by atoms with Crippen molar-refractivity contribution in [2.45, 2.75) is 18.2 Å². The van der Waals surface area contributed by atoms with Crippen molar-refractivity contribution < 1.29 is 18.7 Å². The van der Waals surface area contributed by atoms with Gasteiger partial charge in [0.1, 0.15) is 11.3 Å². The largest absolute Gasteiger partial charge is 0.455 e. The summed E-state index contributed by atoms with van der Waals surface area (Å²) in [4.78, 5) is 28.0.